The van der Waals surface area contributed by atoms with Crippen LogP contribution in [0.4, 0.5) is 5.82 Å². The fourth-order valence-corrected chi connectivity index (χ4v) is 1.96. The maximum absolute atomic E-state index is 7.25. The second kappa shape index (κ2) is 5.09. The van der Waals surface area contributed by atoms with Crippen LogP contribution in [0.25, 0.3) is 0 Å². The standard InChI is InChI=1S/C11H17N5O/c1-17-8-3-2-4-16(7-8)10-6-14-9(5-15-10)11(12)13/h5-6,8H,2-4,7H2,1H3,(H3,12,13). The van der Waals surface area contributed by atoms with Gasteiger partial charge in [-0.2, -0.15) is 0 Å². The van der Waals surface area contributed by atoms with Crippen molar-refractivity contribution in [2.45, 2.75) is 18.9 Å². The van der Waals surface area contributed by atoms with Gasteiger partial charge < -0.3 is 15.4 Å². The minimum atomic E-state index is -0.0579. The largest absolute Gasteiger partial charge is 0.382 e. The first-order valence-electron chi connectivity index (χ1n) is 5.65. The zero-order chi connectivity index (χ0) is 12.3. The van der Waals surface area contributed by atoms with Crippen molar-refractivity contribution >= 4 is 11.7 Å². The monoisotopic (exact) mass is 235 g/mol. The molecule has 0 saturated carbocycles. The summed E-state index contributed by atoms with van der Waals surface area (Å²) in [6.45, 7) is 1.80. The highest BCUT2D eigenvalue weighted by atomic mass is 16.5. The Morgan fingerprint density at radius 2 is 2.35 bits per heavy atom. The molecular weight excluding hydrogens is 218 g/mol. The number of nitrogens with zero attached hydrogens (tertiary/aromatic N) is 3. The maximum Gasteiger partial charge on any atom is 0.147 e. The van der Waals surface area contributed by atoms with Crippen LogP contribution in [0.15, 0.2) is 12.4 Å². The van der Waals surface area contributed by atoms with E-state index in [-0.39, 0.29) is 11.9 Å². The molecule has 0 spiro atoms. The van der Waals surface area contributed by atoms with Crippen molar-refractivity contribution in [3.63, 3.8) is 0 Å². The van der Waals surface area contributed by atoms with Crippen LogP contribution in [0, 0.1) is 5.41 Å². The molecule has 0 aromatic carbocycles. The van der Waals surface area contributed by atoms with Gasteiger partial charge in [0, 0.05) is 20.2 Å². The van der Waals surface area contributed by atoms with E-state index >= 15 is 0 Å². The SMILES string of the molecule is COC1CCCN(c2cnc(C(=N)N)cn2)C1. The molecule has 1 aromatic rings. The molecule has 17 heavy (non-hydrogen) atoms. The molecular formula is C11H17N5O. The van der Waals surface area contributed by atoms with Crippen molar-refractivity contribution in [3.8, 4) is 0 Å². The van der Waals surface area contributed by atoms with E-state index in [0.29, 0.717) is 5.69 Å². The van der Waals surface area contributed by atoms with Crippen molar-refractivity contribution in [1.29, 1.82) is 5.41 Å². The van der Waals surface area contributed by atoms with E-state index in [9.17, 15) is 0 Å². The van der Waals surface area contributed by atoms with E-state index in [4.69, 9.17) is 15.9 Å². The highest BCUT2D eigenvalue weighted by molar-refractivity contribution is 5.92. The number of amidine groups is 1. The van der Waals surface area contributed by atoms with Gasteiger partial charge in [-0.25, -0.2) is 9.97 Å². The third-order valence-electron chi connectivity index (χ3n) is 2.95. The van der Waals surface area contributed by atoms with Crippen LogP contribution in [-0.4, -0.2) is 42.1 Å². The number of nitrogens with two attached hydrogens (primary N) is 1. The second-order valence-electron chi connectivity index (χ2n) is 4.12. The molecule has 0 aliphatic carbocycles. The summed E-state index contributed by atoms with van der Waals surface area (Å²) in [6, 6.07) is 0. The number of methoxy groups -OCH3 is 1. The number of piperidine rings is 1. The molecule has 1 aliphatic rings. The van der Waals surface area contributed by atoms with Gasteiger partial charge in [-0.3, -0.25) is 5.41 Å². The van der Waals surface area contributed by atoms with Gasteiger partial charge in [-0.05, 0) is 12.8 Å². The Morgan fingerprint density at radius 1 is 1.53 bits per heavy atom. The molecule has 1 aromatic heterocycles. The molecule has 6 nitrogen and oxygen atoms in total. The number of nitrogen functional groups attached to an aromatic ring is 1. The number of ether oxygens (including phenoxy) is 1. The summed E-state index contributed by atoms with van der Waals surface area (Å²) in [5, 5.41) is 7.25. The Kier molecular flexibility index (Phi) is 3.53. The lowest BCUT2D eigenvalue weighted by molar-refractivity contribution is 0.0891. The molecule has 0 bridgehead atoms. The molecule has 2 heterocycles. The third-order valence-corrected chi connectivity index (χ3v) is 2.95. The van der Waals surface area contributed by atoms with E-state index in [1.165, 1.54) is 6.20 Å². The predicted octanol–water partition coefficient (Wildman–Crippen LogP) is 0.376. The Morgan fingerprint density at radius 3 is 2.94 bits per heavy atom. The second-order valence-corrected chi connectivity index (χ2v) is 4.12. The molecule has 0 radical (unpaired) electrons. The average molecular weight is 235 g/mol. The molecule has 3 N–H and O–H groups in total. The van der Waals surface area contributed by atoms with Gasteiger partial charge in [-0.1, -0.05) is 0 Å². The van der Waals surface area contributed by atoms with Crippen LogP contribution in [0.5, 0.6) is 0 Å². The summed E-state index contributed by atoms with van der Waals surface area (Å²) in [6.07, 6.45) is 5.64. The van der Waals surface area contributed by atoms with Crippen LogP contribution in [0.2, 0.25) is 0 Å². The van der Waals surface area contributed by atoms with E-state index in [1.54, 1.807) is 13.3 Å². The molecule has 92 valence electrons. The summed E-state index contributed by atoms with van der Waals surface area (Å²) in [5.41, 5.74) is 5.74. The molecule has 6 heteroatoms. The molecule has 1 atom stereocenters. The lowest BCUT2D eigenvalue weighted by atomic mass is 10.1. The van der Waals surface area contributed by atoms with E-state index in [0.717, 1.165) is 31.7 Å². The fraction of sp³-hybridized carbons (Fsp3) is 0.545. The lowest BCUT2D eigenvalue weighted by Crippen LogP contribution is -2.39. The Hall–Kier alpha value is -1.69. The average Bonchev–Trinajstić information content (AvgIpc) is 2.39. The van der Waals surface area contributed by atoms with Gasteiger partial charge in [0.1, 0.15) is 17.3 Å². The topological polar surface area (TPSA) is 88.1 Å². The van der Waals surface area contributed by atoms with E-state index in [2.05, 4.69) is 14.9 Å². The van der Waals surface area contributed by atoms with Gasteiger partial charge in [0.25, 0.3) is 0 Å². The fourth-order valence-electron chi connectivity index (χ4n) is 1.96. The summed E-state index contributed by atoms with van der Waals surface area (Å²) in [4.78, 5) is 10.5. The summed E-state index contributed by atoms with van der Waals surface area (Å²) in [7, 11) is 1.73. The van der Waals surface area contributed by atoms with E-state index in [1.807, 2.05) is 0 Å². The Bertz CT molecular complexity index is 391. The Balaban J connectivity index is 2.08. The van der Waals surface area contributed by atoms with Crippen molar-refractivity contribution in [3.05, 3.63) is 18.1 Å². The molecule has 2 rings (SSSR count). The van der Waals surface area contributed by atoms with Crippen LogP contribution in [0.1, 0.15) is 18.5 Å². The van der Waals surface area contributed by atoms with Crippen LogP contribution < -0.4 is 10.6 Å². The third kappa shape index (κ3) is 2.71. The number of hydrogen-bond acceptors (Lipinski definition) is 5. The van der Waals surface area contributed by atoms with Crippen LogP contribution in [-0.2, 0) is 4.74 Å². The van der Waals surface area contributed by atoms with E-state index < -0.39 is 0 Å². The van der Waals surface area contributed by atoms with Crippen LogP contribution in [0.3, 0.4) is 0 Å². The van der Waals surface area contributed by atoms with Gasteiger partial charge in [0.05, 0.1) is 18.5 Å². The molecule has 0 amide bonds. The van der Waals surface area contributed by atoms with Gasteiger partial charge in [0.2, 0.25) is 0 Å². The zero-order valence-electron chi connectivity index (χ0n) is 9.89. The minimum Gasteiger partial charge on any atom is -0.382 e. The predicted molar refractivity (Wildman–Crippen MR) is 65.3 cm³/mol. The summed E-state index contributed by atoms with van der Waals surface area (Å²) >= 11 is 0. The van der Waals surface area contributed by atoms with Gasteiger partial charge >= 0.3 is 0 Å². The number of anilines is 1. The normalized spacial score (nSPS) is 20.3. The number of aromatic nitrogens is 2. The summed E-state index contributed by atoms with van der Waals surface area (Å²) < 4.78 is 5.36. The molecule has 1 aliphatic heterocycles. The molecule has 1 saturated heterocycles. The minimum absolute atomic E-state index is 0.0579. The highest BCUT2D eigenvalue weighted by Gasteiger charge is 2.20. The first kappa shape index (κ1) is 11.8. The van der Waals surface area contributed by atoms with Crippen molar-refractivity contribution in [2.24, 2.45) is 5.73 Å². The van der Waals surface area contributed by atoms with Gasteiger partial charge in [-0.15, -0.1) is 0 Å². The number of rotatable bonds is 3. The number of nitrogens with one attached hydrogen (secondary N) is 1. The van der Waals surface area contributed by atoms with Crippen LogP contribution >= 0.6 is 0 Å². The smallest absolute Gasteiger partial charge is 0.147 e. The van der Waals surface area contributed by atoms with Crippen molar-refractivity contribution in [1.82, 2.24) is 9.97 Å². The van der Waals surface area contributed by atoms with Crippen molar-refractivity contribution in [2.75, 3.05) is 25.1 Å². The quantitative estimate of drug-likeness (QED) is 0.584. The summed E-state index contributed by atoms with van der Waals surface area (Å²) in [5.74, 6) is 0.759. The van der Waals surface area contributed by atoms with Crippen molar-refractivity contribution < 1.29 is 4.74 Å². The molecule has 1 unspecified atom stereocenters. The molecule has 1 fully saturated rings. The lowest BCUT2D eigenvalue weighted by Gasteiger charge is -2.32. The number of hydrogen-bond donors (Lipinski definition) is 2. The zero-order valence-corrected chi connectivity index (χ0v) is 9.89. The first-order chi connectivity index (χ1) is 8.20. The maximum atomic E-state index is 7.25. The first-order valence-corrected chi connectivity index (χ1v) is 5.65. The van der Waals surface area contributed by atoms with Gasteiger partial charge in [0.15, 0.2) is 0 Å². The Labute approximate surface area is 100 Å². The highest BCUT2D eigenvalue weighted by Crippen LogP contribution is 2.18.